The third-order valence-electron chi connectivity index (χ3n) is 3.26. The molecular weight excluding hydrogens is 220 g/mol. The van der Waals surface area contributed by atoms with Crippen LogP contribution in [0.4, 0.5) is 0 Å². The van der Waals surface area contributed by atoms with Crippen LogP contribution < -0.4 is 4.74 Å². The molecule has 1 heterocycles. The molecule has 1 aliphatic heterocycles. The lowest BCUT2D eigenvalue weighted by molar-refractivity contribution is 0.356. The molecule has 0 aliphatic carbocycles. The first-order valence-electron chi connectivity index (χ1n) is 5.89. The van der Waals surface area contributed by atoms with Crippen molar-refractivity contribution < 1.29 is 4.74 Å². The number of benzene rings is 1. The highest BCUT2D eigenvalue weighted by atomic mass is 35.5. The van der Waals surface area contributed by atoms with Crippen molar-refractivity contribution in [1.29, 1.82) is 0 Å². The van der Waals surface area contributed by atoms with E-state index in [1.807, 2.05) is 0 Å². The molecule has 2 rings (SSSR count). The SMILES string of the molecule is CC(Cl)CC(C)(C)c1ccc2c(c1)CCO2. The van der Waals surface area contributed by atoms with E-state index in [0.29, 0.717) is 0 Å². The number of hydrogen-bond acceptors (Lipinski definition) is 1. The molecule has 1 atom stereocenters. The average molecular weight is 239 g/mol. The summed E-state index contributed by atoms with van der Waals surface area (Å²) in [6.45, 7) is 7.39. The van der Waals surface area contributed by atoms with E-state index in [1.165, 1.54) is 11.1 Å². The quantitative estimate of drug-likeness (QED) is 0.726. The number of ether oxygens (including phenoxy) is 1. The van der Waals surface area contributed by atoms with Crippen molar-refractivity contribution in [1.82, 2.24) is 0 Å². The molecular formula is C14H19ClO. The second-order valence-electron chi connectivity index (χ2n) is 5.29. The van der Waals surface area contributed by atoms with Gasteiger partial charge in [-0.1, -0.05) is 26.0 Å². The first-order valence-corrected chi connectivity index (χ1v) is 6.33. The topological polar surface area (TPSA) is 9.23 Å². The van der Waals surface area contributed by atoms with Crippen LogP contribution >= 0.6 is 11.6 Å². The standard InChI is InChI=1S/C14H19ClO/c1-10(15)9-14(2,3)12-4-5-13-11(8-12)6-7-16-13/h4-5,8,10H,6-7,9H2,1-3H3. The van der Waals surface area contributed by atoms with E-state index in [0.717, 1.165) is 25.2 Å². The van der Waals surface area contributed by atoms with Crippen LogP contribution in [0.25, 0.3) is 0 Å². The largest absolute Gasteiger partial charge is 0.493 e. The van der Waals surface area contributed by atoms with Crippen LogP contribution in [0.15, 0.2) is 18.2 Å². The minimum Gasteiger partial charge on any atom is -0.493 e. The summed E-state index contributed by atoms with van der Waals surface area (Å²) in [5.41, 5.74) is 2.84. The molecule has 1 unspecified atom stereocenters. The first-order chi connectivity index (χ1) is 7.49. The summed E-state index contributed by atoms with van der Waals surface area (Å²) >= 11 is 6.10. The lowest BCUT2D eigenvalue weighted by atomic mass is 9.80. The number of halogens is 1. The van der Waals surface area contributed by atoms with Gasteiger partial charge in [-0.2, -0.15) is 0 Å². The Hall–Kier alpha value is -0.690. The third kappa shape index (κ3) is 2.35. The van der Waals surface area contributed by atoms with E-state index < -0.39 is 0 Å². The molecule has 0 saturated carbocycles. The van der Waals surface area contributed by atoms with Gasteiger partial charge < -0.3 is 4.74 Å². The first kappa shape index (κ1) is 11.8. The Bertz CT molecular complexity index is 382. The molecule has 0 N–H and O–H groups in total. The Labute approximate surface area is 103 Å². The molecule has 1 nitrogen and oxygen atoms in total. The van der Waals surface area contributed by atoms with E-state index >= 15 is 0 Å². The van der Waals surface area contributed by atoms with Crippen LogP contribution in [0.2, 0.25) is 0 Å². The van der Waals surface area contributed by atoms with Crippen LogP contribution in [-0.4, -0.2) is 12.0 Å². The Kier molecular flexibility index (Phi) is 3.16. The van der Waals surface area contributed by atoms with E-state index in [4.69, 9.17) is 16.3 Å². The van der Waals surface area contributed by atoms with Crippen LogP contribution in [0, 0.1) is 0 Å². The van der Waals surface area contributed by atoms with Gasteiger partial charge in [-0.3, -0.25) is 0 Å². The van der Waals surface area contributed by atoms with E-state index in [2.05, 4.69) is 39.0 Å². The highest BCUT2D eigenvalue weighted by Gasteiger charge is 2.24. The summed E-state index contributed by atoms with van der Waals surface area (Å²) in [6.07, 6.45) is 2.03. The monoisotopic (exact) mass is 238 g/mol. The number of hydrogen-bond donors (Lipinski definition) is 0. The summed E-state index contributed by atoms with van der Waals surface area (Å²) in [5, 5.41) is 0.208. The van der Waals surface area contributed by atoms with Gasteiger partial charge in [0.15, 0.2) is 0 Å². The fourth-order valence-corrected chi connectivity index (χ4v) is 2.81. The van der Waals surface area contributed by atoms with Gasteiger partial charge in [0.2, 0.25) is 0 Å². The van der Waals surface area contributed by atoms with Gasteiger partial charge in [-0.25, -0.2) is 0 Å². The Morgan fingerprint density at radius 2 is 2.19 bits per heavy atom. The zero-order valence-electron chi connectivity index (χ0n) is 10.2. The molecule has 1 aromatic rings. The van der Waals surface area contributed by atoms with E-state index in [-0.39, 0.29) is 10.8 Å². The second kappa shape index (κ2) is 4.29. The zero-order chi connectivity index (χ0) is 11.8. The Balaban J connectivity index is 2.26. The molecule has 0 saturated heterocycles. The highest BCUT2D eigenvalue weighted by molar-refractivity contribution is 6.20. The van der Waals surface area contributed by atoms with Crippen molar-refractivity contribution in [2.75, 3.05) is 6.61 Å². The highest BCUT2D eigenvalue weighted by Crippen LogP contribution is 2.34. The maximum Gasteiger partial charge on any atom is 0.122 e. The molecule has 0 spiro atoms. The van der Waals surface area contributed by atoms with E-state index in [1.54, 1.807) is 0 Å². The summed E-state index contributed by atoms with van der Waals surface area (Å²) < 4.78 is 5.52. The van der Waals surface area contributed by atoms with Gasteiger partial charge in [0.1, 0.15) is 5.75 Å². The molecule has 88 valence electrons. The van der Waals surface area contributed by atoms with Gasteiger partial charge in [-0.05, 0) is 36.0 Å². The number of rotatable bonds is 3. The van der Waals surface area contributed by atoms with E-state index in [9.17, 15) is 0 Å². The molecule has 2 heteroatoms. The minimum atomic E-state index is 0.138. The molecule has 1 aromatic carbocycles. The van der Waals surface area contributed by atoms with Crippen molar-refractivity contribution in [2.24, 2.45) is 0 Å². The maximum atomic E-state index is 6.10. The summed E-state index contributed by atoms with van der Waals surface area (Å²) in [7, 11) is 0. The molecule has 0 radical (unpaired) electrons. The molecule has 0 aromatic heterocycles. The van der Waals surface area contributed by atoms with Crippen molar-refractivity contribution in [2.45, 2.75) is 44.4 Å². The molecule has 1 aliphatic rings. The molecule has 0 amide bonds. The summed E-state index contributed by atoms with van der Waals surface area (Å²) in [5.74, 6) is 1.05. The van der Waals surface area contributed by atoms with Crippen molar-refractivity contribution in [3.8, 4) is 5.75 Å². The van der Waals surface area contributed by atoms with Gasteiger partial charge >= 0.3 is 0 Å². The smallest absolute Gasteiger partial charge is 0.122 e. The Morgan fingerprint density at radius 1 is 1.44 bits per heavy atom. The fraction of sp³-hybridized carbons (Fsp3) is 0.571. The summed E-state index contributed by atoms with van der Waals surface area (Å²) in [4.78, 5) is 0. The fourth-order valence-electron chi connectivity index (χ4n) is 2.43. The van der Waals surface area contributed by atoms with Crippen LogP contribution in [0.3, 0.4) is 0 Å². The zero-order valence-corrected chi connectivity index (χ0v) is 11.0. The van der Waals surface area contributed by atoms with Gasteiger partial charge in [-0.15, -0.1) is 11.6 Å². The normalized spacial score (nSPS) is 16.8. The lowest BCUT2D eigenvalue weighted by Gasteiger charge is -2.27. The minimum absolute atomic E-state index is 0.138. The third-order valence-corrected chi connectivity index (χ3v) is 3.42. The summed E-state index contributed by atoms with van der Waals surface area (Å²) in [6, 6.07) is 6.54. The molecule has 0 fully saturated rings. The number of fused-ring (bicyclic) bond motifs is 1. The van der Waals surface area contributed by atoms with Crippen LogP contribution in [0.5, 0.6) is 5.75 Å². The average Bonchev–Trinajstić information content (AvgIpc) is 2.61. The van der Waals surface area contributed by atoms with Crippen LogP contribution in [0.1, 0.15) is 38.3 Å². The van der Waals surface area contributed by atoms with Crippen LogP contribution in [-0.2, 0) is 11.8 Å². The molecule has 16 heavy (non-hydrogen) atoms. The number of alkyl halides is 1. The predicted octanol–water partition coefficient (Wildman–Crippen LogP) is 3.92. The second-order valence-corrected chi connectivity index (χ2v) is 6.03. The molecule has 0 bridgehead atoms. The van der Waals surface area contributed by atoms with Crippen molar-refractivity contribution in [3.63, 3.8) is 0 Å². The Morgan fingerprint density at radius 3 is 2.88 bits per heavy atom. The van der Waals surface area contributed by atoms with Crippen molar-refractivity contribution >= 4 is 11.6 Å². The predicted molar refractivity (Wildman–Crippen MR) is 68.6 cm³/mol. The van der Waals surface area contributed by atoms with Gasteiger partial charge in [0.05, 0.1) is 6.61 Å². The van der Waals surface area contributed by atoms with Gasteiger partial charge in [0, 0.05) is 11.8 Å². The lowest BCUT2D eigenvalue weighted by Crippen LogP contribution is -2.20. The maximum absolute atomic E-state index is 6.10. The van der Waals surface area contributed by atoms with Crippen molar-refractivity contribution in [3.05, 3.63) is 29.3 Å². The van der Waals surface area contributed by atoms with Gasteiger partial charge in [0.25, 0.3) is 0 Å².